The number of morpholine rings is 2. The predicted octanol–water partition coefficient (Wildman–Crippen LogP) is 2.55. The van der Waals surface area contributed by atoms with Crippen LogP contribution >= 0.6 is 11.8 Å². The van der Waals surface area contributed by atoms with E-state index in [0.717, 1.165) is 38.9 Å². The van der Waals surface area contributed by atoms with Crippen molar-refractivity contribution in [2.75, 3.05) is 95.3 Å². The summed E-state index contributed by atoms with van der Waals surface area (Å²) in [7, 11) is -2.69. The van der Waals surface area contributed by atoms with Crippen molar-refractivity contribution in [1.29, 1.82) is 0 Å². The molecule has 0 aromatic heterocycles. The van der Waals surface area contributed by atoms with E-state index < -0.39 is 9.84 Å². The lowest BCUT2D eigenvalue weighted by molar-refractivity contribution is -0.144. The number of carbonyl (C=O) groups is 1. The standard InChI is InChI=1S/C7H15NO2S.C7H13NO2.C7H15NO.C7H15NS/c1-7(2)8-3-5-11(9,10)6-4-8;1-6(2)8-3-4-10-5-7(8)9;2*1-7(2)8-3-5-9-6-4-8/h7H,3-6H2,1-2H3;6H,3-5H2,1-2H3;2*7H,3-6H2,1-2H3. The minimum atomic E-state index is -2.69. The zero-order valence-electron chi connectivity index (χ0n) is 26.1. The summed E-state index contributed by atoms with van der Waals surface area (Å²) in [5.74, 6) is 3.45. The Balaban J connectivity index is 0.000000261. The molecule has 0 saturated carbocycles. The fourth-order valence-corrected chi connectivity index (χ4v) is 6.67. The second kappa shape index (κ2) is 19.6. The van der Waals surface area contributed by atoms with E-state index in [2.05, 4.69) is 68.0 Å². The fraction of sp³-hybridized carbons (Fsp3) is 0.964. The van der Waals surface area contributed by atoms with Gasteiger partial charge in [-0.25, -0.2) is 8.42 Å². The Bertz CT molecular complexity index is 717. The molecule has 1 amide bonds. The highest BCUT2D eigenvalue weighted by Crippen LogP contribution is 2.11. The lowest BCUT2D eigenvalue weighted by Crippen LogP contribution is -2.45. The second-order valence-electron chi connectivity index (χ2n) is 11.5. The molecule has 39 heavy (non-hydrogen) atoms. The lowest BCUT2D eigenvalue weighted by atomic mass is 10.3. The van der Waals surface area contributed by atoms with Gasteiger partial charge in [-0.05, 0) is 55.4 Å². The van der Waals surface area contributed by atoms with Crippen LogP contribution in [0.25, 0.3) is 0 Å². The summed E-state index contributed by atoms with van der Waals surface area (Å²) < 4.78 is 32.2. The van der Waals surface area contributed by atoms with Crippen LogP contribution in [0.15, 0.2) is 0 Å². The van der Waals surface area contributed by atoms with Crippen molar-refractivity contribution < 1.29 is 22.7 Å². The SMILES string of the molecule is CC(C)N1CCOCC1.CC(C)N1CCOCC1=O.CC(C)N1CCS(=O)(=O)CC1.CC(C)N1CCSCC1. The van der Waals surface area contributed by atoms with Crippen molar-refractivity contribution in [2.45, 2.75) is 79.6 Å². The average Bonchev–Trinajstić information content (AvgIpc) is 2.90. The molecule has 0 unspecified atom stereocenters. The van der Waals surface area contributed by atoms with Crippen LogP contribution < -0.4 is 0 Å². The summed E-state index contributed by atoms with van der Waals surface area (Å²) in [6.45, 7) is 27.0. The molecule has 4 fully saturated rings. The van der Waals surface area contributed by atoms with Crippen molar-refractivity contribution in [3.63, 3.8) is 0 Å². The Morgan fingerprint density at radius 2 is 1.05 bits per heavy atom. The maximum absolute atomic E-state index is 11.0. The number of ether oxygens (including phenoxy) is 2. The van der Waals surface area contributed by atoms with Gasteiger partial charge in [-0.3, -0.25) is 19.5 Å². The normalized spacial score (nSPS) is 23.1. The van der Waals surface area contributed by atoms with E-state index in [1.165, 1.54) is 24.6 Å². The molecule has 0 aromatic rings. The molecule has 4 aliphatic rings. The maximum atomic E-state index is 11.0. The molecular weight excluding hydrogens is 536 g/mol. The van der Waals surface area contributed by atoms with Gasteiger partial charge in [-0.2, -0.15) is 11.8 Å². The molecule has 0 bridgehead atoms. The van der Waals surface area contributed by atoms with Gasteiger partial charge in [0.1, 0.15) is 6.61 Å². The second-order valence-corrected chi connectivity index (χ2v) is 15.0. The number of thioether (sulfide) groups is 1. The van der Waals surface area contributed by atoms with Gasteiger partial charge in [0.05, 0.1) is 31.3 Å². The third-order valence-electron chi connectivity index (χ3n) is 7.31. The number of nitrogens with zero attached hydrogens (tertiary/aromatic N) is 4. The Hall–Kier alpha value is -0.430. The van der Waals surface area contributed by atoms with Gasteiger partial charge in [-0.1, -0.05) is 0 Å². The van der Waals surface area contributed by atoms with Crippen molar-refractivity contribution >= 4 is 27.5 Å². The van der Waals surface area contributed by atoms with Gasteiger partial charge in [-0.15, -0.1) is 0 Å². The summed E-state index contributed by atoms with van der Waals surface area (Å²) >= 11 is 2.07. The Labute approximate surface area is 244 Å². The molecule has 0 aliphatic carbocycles. The molecule has 9 nitrogen and oxygen atoms in total. The molecule has 4 rings (SSSR count). The van der Waals surface area contributed by atoms with Crippen LogP contribution in [0.3, 0.4) is 0 Å². The first-order chi connectivity index (χ1) is 18.3. The first-order valence-corrected chi connectivity index (χ1v) is 17.8. The number of hydrogen-bond acceptors (Lipinski definition) is 9. The van der Waals surface area contributed by atoms with Crippen LogP contribution in [0.4, 0.5) is 0 Å². The van der Waals surface area contributed by atoms with Crippen molar-refractivity contribution in [2.24, 2.45) is 0 Å². The van der Waals surface area contributed by atoms with E-state index >= 15 is 0 Å². The lowest BCUT2D eigenvalue weighted by Gasteiger charge is -2.30. The maximum Gasteiger partial charge on any atom is 0.248 e. The van der Waals surface area contributed by atoms with Gasteiger partial charge in [0.25, 0.3) is 0 Å². The molecule has 0 N–H and O–H groups in total. The van der Waals surface area contributed by atoms with Crippen LogP contribution in [0.5, 0.6) is 0 Å². The number of amides is 1. The van der Waals surface area contributed by atoms with Crippen LogP contribution in [-0.4, -0.2) is 153 Å². The van der Waals surface area contributed by atoms with Crippen molar-refractivity contribution in [1.82, 2.24) is 19.6 Å². The molecule has 0 spiro atoms. The van der Waals surface area contributed by atoms with E-state index in [0.29, 0.717) is 49.3 Å². The average molecular weight is 595 g/mol. The number of sulfone groups is 1. The molecule has 0 aromatic carbocycles. The number of hydrogen-bond donors (Lipinski definition) is 0. The third-order valence-corrected chi connectivity index (χ3v) is 9.86. The monoisotopic (exact) mass is 594 g/mol. The minimum Gasteiger partial charge on any atom is -0.379 e. The molecular formula is C28H58N4O5S2. The smallest absolute Gasteiger partial charge is 0.248 e. The van der Waals surface area contributed by atoms with Crippen LogP contribution in [-0.2, 0) is 24.1 Å². The number of carbonyl (C=O) groups excluding carboxylic acids is 1. The first kappa shape index (κ1) is 36.6. The summed E-state index contributed by atoms with van der Waals surface area (Å²) in [6, 6.07) is 2.24. The summed E-state index contributed by atoms with van der Waals surface area (Å²) in [6.07, 6.45) is 0. The van der Waals surface area contributed by atoms with Crippen molar-refractivity contribution in [3.05, 3.63) is 0 Å². The first-order valence-electron chi connectivity index (χ1n) is 14.8. The van der Waals surface area contributed by atoms with E-state index in [1.54, 1.807) is 0 Å². The van der Waals surface area contributed by atoms with Gasteiger partial charge in [0.2, 0.25) is 5.91 Å². The van der Waals surface area contributed by atoms with Crippen LogP contribution in [0.1, 0.15) is 55.4 Å². The van der Waals surface area contributed by atoms with E-state index in [4.69, 9.17) is 9.47 Å². The zero-order chi connectivity index (χ0) is 29.4. The summed E-state index contributed by atoms with van der Waals surface area (Å²) in [5.41, 5.74) is 0. The van der Waals surface area contributed by atoms with Crippen LogP contribution in [0.2, 0.25) is 0 Å². The summed E-state index contributed by atoms with van der Waals surface area (Å²) in [4.78, 5) is 20.0. The zero-order valence-corrected chi connectivity index (χ0v) is 27.7. The molecule has 0 atom stereocenters. The third kappa shape index (κ3) is 16.0. The Kier molecular flexibility index (Phi) is 18.4. The minimum absolute atomic E-state index is 0.112. The molecule has 0 radical (unpaired) electrons. The quantitative estimate of drug-likeness (QED) is 0.488. The van der Waals surface area contributed by atoms with E-state index in [-0.39, 0.29) is 12.5 Å². The molecule has 4 heterocycles. The largest absolute Gasteiger partial charge is 0.379 e. The Morgan fingerprint density at radius 1 is 0.615 bits per heavy atom. The highest BCUT2D eigenvalue weighted by atomic mass is 32.2. The van der Waals surface area contributed by atoms with Gasteiger partial charge < -0.3 is 14.4 Å². The summed E-state index contributed by atoms with van der Waals surface area (Å²) in [5, 5.41) is 0. The Morgan fingerprint density at radius 3 is 1.41 bits per heavy atom. The highest BCUT2D eigenvalue weighted by molar-refractivity contribution is 7.99. The molecule has 11 heteroatoms. The number of rotatable bonds is 4. The predicted molar refractivity (Wildman–Crippen MR) is 165 cm³/mol. The molecule has 4 saturated heterocycles. The van der Waals surface area contributed by atoms with E-state index in [9.17, 15) is 13.2 Å². The van der Waals surface area contributed by atoms with E-state index in [1.807, 2.05) is 18.7 Å². The molecule has 232 valence electrons. The highest BCUT2D eigenvalue weighted by Gasteiger charge is 2.23. The van der Waals surface area contributed by atoms with Crippen molar-refractivity contribution in [3.8, 4) is 0 Å². The molecule has 4 aliphatic heterocycles. The van der Waals surface area contributed by atoms with Gasteiger partial charge in [0.15, 0.2) is 9.84 Å². The van der Waals surface area contributed by atoms with Gasteiger partial charge in [0, 0.05) is 81.5 Å². The topological polar surface area (TPSA) is 82.6 Å². The fourth-order valence-electron chi connectivity index (χ4n) is 4.51. The van der Waals surface area contributed by atoms with Gasteiger partial charge >= 0.3 is 0 Å². The van der Waals surface area contributed by atoms with Crippen LogP contribution in [0, 0.1) is 0 Å².